The Morgan fingerprint density at radius 2 is 1.95 bits per heavy atom. The summed E-state index contributed by atoms with van der Waals surface area (Å²) >= 11 is 6.14. The van der Waals surface area contributed by atoms with Gasteiger partial charge in [0.2, 0.25) is 0 Å². The van der Waals surface area contributed by atoms with Crippen molar-refractivity contribution in [1.29, 1.82) is 0 Å². The van der Waals surface area contributed by atoms with Crippen molar-refractivity contribution in [1.82, 2.24) is 4.90 Å². The van der Waals surface area contributed by atoms with Gasteiger partial charge in [0.25, 0.3) is 6.43 Å². The number of rotatable bonds is 3. The SMILES string of the molecule is C=C1C(C)=CC=C(c2ccccc2Cl)N1CC(F)F. The quantitative estimate of drug-likeness (QED) is 0.775. The Labute approximate surface area is 116 Å². The first-order valence-corrected chi connectivity index (χ1v) is 6.27. The molecule has 0 saturated carbocycles. The number of halogens is 3. The lowest BCUT2D eigenvalue weighted by atomic mass is 10.0. The third kappa shape index (κ3) is 2.87. The fraction of sp³-hybridized carbons (Fsp3) is 0.200. The largest absolute Gasteiger partial charge is 0.335 e. The summed E-state index contributed by atoms with van der Waals surface area (Å²) in [5.41, 5.74) is 2.84. The van der Waals surface area contributed by atoms with Crippen LogP contribution >= 0.6 is 11.6 Å². The molecule has 19 heavy (non-hydrogen) atoms. The van der Waals surface area contributed by atoms with Crippen LogP contribution in [0.4, 0.5) is 8.78 Å². The van der Waals surface area contributed by atoms with Crippen molar-refractivity contribution in [3.05, 3.63) is 64.9 Å². The summed E-state index contributed by atoms with van der Waals surface area (Å²) in [6, 6.07) is 7.19. The monoisotopic (exact) mass is 281 g/mol. The third-order valence-electron chi connectivity index (χ3n) is 3.03. The fourth-order valence-corrected chi connectivity index (χ4v) is 2.23. The first-order chi connectivity index (χ1) is 9.00. The highest BCUT2D eigenvalue weighted by Gasteiger charge is 2.23. The lowest BCUT2D eigenvalue weighted by Gasteiger charge is -2.32. The number of benzene rings is 1. The second-order valence-corrected chi connectivity index (χ2v) is 4.74. The van der Waals surface area contributed by atoms with Crippen molar-refractivity contribution in [2.75, 3.05) is 6.54 Å². The summed E-state index contributed by atoms with van der Waals surface area (Å²) in [5, 5.41) is 0.536. The minimum atomic E-state index is -2.44. The summed E-state index contributed by atoms with van der Waals surface area (Å²) in [4.78, 5) is 1.52. The maximum atomic E-state index is 12.7. The average Bonchev–Trinajstić information content (AvgIpc) is 2.36. The number of nitrogens with zero attached hydrogens (tertiary/aromatic N) is 1. The summed E-state index contributed by atoms with van der Waals surface area (Å²) < 4.78 is 25.5. The highest BCUT2D eigenvalue weighted by atomic mass is 35.5. The van der Waals surface area contributed by atoms with Crippen molar-refractivity contribution in [2.24, 2.45) is 0 Å². The van der Waals surface area contributed by atoms with Crippen LogP contribution in [0.15, 0.2) is 54.3 Å². The van der Waals surface area contributed by atoms with Gasteiger partial charge in [0.05, 0.1) is 12.2 Å². The molecule has 1 aliphatic rings. The van der Waals surface area contributed by atoms with Crippen molar-refractivity contribution in [2.45, 2.75) is 13.3 Å². The van der Waals surface area contributed by atoms with Gasteiger partial charge in [-0.3, -0.25) is 0 Å². The van der Waals surface area contributed by atoms with E-state index in [0.29, 0.717) is 16.4 Å². The van der Waals surface area contributed by atoms with Crippen LogP contribution in [-0.4, -0.2) is 17.9 Å². The summed E-state index contributed by atoms with van der Waals surface area (Å²) in [6.07, 6.45) is 1.23. The number of hydrogen-bond donors (Lipinski definition) is 0. The summed E-state index contributed by atoms with van der Waals surface area (Å²) in [6.45, 7) is 5.34. The molecule has 1 aromatic carbocycles. The molecular weight excluding hydrogens is 268 g/mol. The molecule has 0 aromatic heterocycles. The van der Waals surface area contributed by atoms with Crippen LogP contribution in [0.25, 0.3) is 5.70 Å². The van der Waals surface area contributed by atoms with E-state index >= 15 is 0 Å². The van der Waals surface area contributed by atoms with Gasteiger partial charge in [-0.2, -0.15) is 0 Å². The van der Waals surface area contributed by atoms with Gasteiger partial charge in [0.1, 0.15) is 0 Å². The molecule has 0 fully saturated rings. The zero-order chi connectivity index (χ0) is 14.0. The van der Waals surface area contributed by atoms with Gasteiger partial charge in [0.15, 0.2) is 0 Å². The molecule has 0 saturated heterocycles. The van der Waals surface area contributed by atoms with Gasteiger partial charge in [0, 0.05) is 16.3 Å². The lowest BCUT2D eigenvalue weighted by molar-refractivity contribution is 0.123. The molecule has 4 heteroatoms. The van der Waals surface area contributed by atoms with Gasteiger partial charge < -0.3 is 4.90 Å². The predicted molar refractivity (Wildman–Crippen MR) is 75.0 cm³/mol. The van der Waals surface area contributed by atoms with Gasteiger partial charge in [-0.1, -0.05) is 42.5 Å². The molecule has 2 rings (SSSR count). The molecule has 1 nitrogen and oxygen atoms in total. The first-order valence-electron chi connectivity index (χ1n) is 5.89. The van der Waals surface area contributed by atoms with E-state index in [-0.39, 0.29) is 6.54 Å². The molecular formula is C15H14ClF2N. The van der Waals surface area contributed by atoms with Gasteiger partial charge in [-0.05, 0) is 24.6 Å². The van der Waals surface area contributed by atoms with E-state index in [1.807, 2.05) is 31.2 Å². The maximum Gasteiger partial charge on any atom is 0.256 e. The Bertz CT molecular complexity index is 561. The number of alkyl halides is 2. The van der Waals surface area contributed by atoms with Crippen molar-refractivity contribution >= 4 is 17.3 Å². The topological polar surface area (TPSA) is 3.24 Å². The highest BCUT2D eigenvalue weighted by Crippen LogP contribution is 2.34. The molecule has 1 heterocycles. The van der Waals surface area contributed by atoms with E-state index in [2.05, 4.69) is 6.58 Å². The lowest BCUT2D eigenvalue weighted by Crippen LogP contribution is -2.28. The Morgan fingerprint density at radius 3 is 2.58 bits per heavy atom. The second kappa shape index (κ2) is 5.57. The number of allylic oxidation sites excluding steroid dienone is 3. The first kappa shape index (κ1) is 13.8. The van der Waals surface area contributed by atoms with Crippen LogP contribution < -0.4 is 0 Å². The van der Waals surface area contributed by atoms with E-state index in [0.717, 1.165) is 11.1 Å². The van der Waals surface area contributed by atoms with Crippen LogP contribution in [0, 0.1) is 0 Å². The van der Waals surface area contributed by atoms with Gasteiger partial charge >= 0.3 is 0 Å². The highest BCUT2D eigenvalue weighted by molar-refractivity contribution is 6.32. The molecule has 0 atom stereocenters. The van der Waals surface area contributed by atoms with E-state index in [1.54, 1.807) is 12.1 Å². The van der Waals surface area contributed by atoms with E-state index in [4.69, 9.17) is 11.6 Å². The maximum absolute atomic E-state index is 12.7. The van der Waals surface area contributed by atoms with E-state index < -0.39 is 6.43 Å². The fourth-order valence-electron chi connectivity index (χ4n) is 2.00. The Hall–Kier alpha value is -1.61. The minimum absolute atomic E-state index is 0.388. The average molecular weight is 282 g/mol. The zero-order valence-electron chi connectivity index (χ0n) is 10.5. The van der Waals surface area contributed by atoms with Gasteiger partial charge in [-0.25, -0.2) is 8.78 Å². The van der Waals surface area contributed by atoms with Gasteiger partial charge in [-0.15, -0.1) is 0 Å². The second-order valence-electron chi connectivity index (χ2n) is 4.33. The molecule has 0 unspecified atom stereocenters. The molecule has 0 radical (unpaired) electrons. The normalized spacial score (nSPS) is 15.6. The van der Waals surface area contributed by atoms with Crippen LogP contribution in [0.5, 0.6) is 0 Å². The zero-order valence-corrected chi connectivity index (χ0v) is 11.3. The predicted octanol–water partition coefficient (Wildman–Crippen LogP) is 4.72. The van der Waals surface area contributed by atoms with Crippen LogP contribution in [0.1, 0.15) is 12.5 Å². The Balaban J connectivity index is 2.46. The summed E-state index contributed by atoms with van der Waals surface area (Å²) in [5.74, 6) is 0. The van der Waals surface area contributed by atoms with E-state index in [9.17, 15) is 8.78 Å². The molecule has 1 aliphatic heterocycles. The molecule has 0 amide bonds. The third-order valence-corrected chi connectivity index (χ3v) is 3.36. The molecule has 0 aliphatic carbocycles. The molecule has 0 bridgehead atoms. The van der Waals surface area contributed by atoms with E-state index in [1.165, 1.54) is 4.90 Å². The minimum Gasteiger partial charge on any atom is -0.335 e. The Morgan fingerprint density at radius 1 is 1.26 bits per heavy atom. The van der Waals surface area contributed by atoms with Crippen molar-refractivity contribution < 1.29 is 8.78 Å². The van der Waals surface area contributed by atoms with Crippen LogP contribution in [0.3, 0.4) is 0 Å². The molecule has 0 spiro atoms. The van der Waals surface area contributed by atoms with Crippen molar-refractivity contribution in [3.8, 4) is 0 Å². The number of hydrogen-bond acceptors (Lipinski definition) is 1. The summed E-state index contributed by atoms with van der Waals surface area (Å²) in [7, 11) is 0. The molecule has 1 aromatic rings. The van der Waals surface area contributed by atoms with Crippen molar-refractivity contribution in [3.63, 3.8) is 0 Å². The Kier molecular flexibility index (Phi) is 4.05. The smallest absolute Gasteiger partial charge is 0.256 e. The molecule has 100 valence electrons. The van der Waals surface area contributed by atoms with Crippen LogP contribution in [0.2, 0.25) is 5.02 Å². The molecule has 0 N–H and O–H groups in total. The standard InChI is InChI=1S/C15H14ClF2N/c1-10-7-8-14(12-5-3-4-6-13(12)16)19(11(10)2)9-15(17)18/h3-8,15H,2,9H2,1H3. The van der Waals surface area contributed by atoms with Crippen LogP contribution in [-0.2, 0) is 0 Å².